The first-order chi connectivity index (χ1) is 11.8. The number of carbonyl (C=O) groups excluding carboxylic acids is 1. The molecule has 24 heavy (non-hydrogen) atoms. The lowest BCUT2D eigenvalue weighted by atomic mass is 9.99. The van der Waals surface area contributed by atoms with Gasteiger partial charge in [-0.15, -0.1) is 11.3 Å². The minimum absolute atomic E-state index is 0.0442. The molecular weight excluding hydrogens is 322 g/mol. The van der Waals surface area contributed by atoms with Crippen molar-refractivity contribution in [3.05, 3.63) is 52.2 Å². The molecule has 1 aliphatic rings. The molecule has 1 aliphatic heterocycles. The number of hydrogen-bond donors (Lipinski definition) is 1. The molecule has 0 aliphatic carbocycles. The van der Waals surface area contributed by atoms with Crippen molar-refractivity contribution in [2.75, 3.05) is 26.3 Å². The van der Waals surface area contributed by atoms with E-state index >= 15 is 0 Å². The molecule has 1 aromatic heterocycles. The first-order valence-electron chi connectivity index (χ1n) is 8.43. The zero-order chi connectivity index (χ0) is 16.6. The number of hydrogen-bond acceptors (Lipinski definition) is 5. The van der Waals surface area contributed by atoms with E-state index in [9.17, 15) is 4.79 Å². The lowest BCUT2D eigenvalue weighted by Gasteiger charge is -2.20. The smallest absolute Gasteiger partial charge is 0.309 e. The van der Waals surface area contributed by atoms with E-state index in [0.717, 1.165) is 38.1 Å². The van der Waals surface area contributed by atoms with Crippen LogP contribution in [-0.2, 0) is 16.0 Å². The summed E-state index contributed by atoms with van der Waals surface area (Å²) < 4.78 is 11.0. The monoisotopic (exact) mass is 345 g/mol. The molecule has 0 atom stereocenters. The van der Waals surface area contributed by atoms with E-state index in [2.05, 4.69) is 35.0 Å². The fraction of sp³-hybridized carbons (Fsp3) is 0.421. The van der Waals surface area contributed by atoms with Crippen molar-refractivity contribution in [3.63, 3.8) is 0 Å². The molecule has 0 spiro atoms. The highest BCUT2D eigenvalue weighted by atomic mass is 32.1. The van der Waals surface area contributed by atoms with Crippen molar-refractivity contribution >= 4 is 17.3 Å². The van der Waals surface area contributed by atoms with E-state index in [-0.39, 0.29) is 11.9 Å². The van der Waals surface area contributed by atoms with Crippen LogP contribution in [0.3, 0.4) is 0 Å². The molecular formula is C19H23NO3S. The zero-order valence-electron chi connectivity index (χ0n) is 13.7. The molecule has 0 unspecified atom stereocenters. The van der Waals surface area contributed by atoms with Crippen LogP contribution in [0.1, 0.15) is 23.3 Å². The first-order valence-corrected chi connectivity index (χ1v) is 9.31. The van der Waals surface area contributed by atoms with Crippen LogP contribution in [0, 0.1) is 5.92 Å². The van der Waals surface area contributed by atoms with Crippen molar-refractivity contribution in [2.24, 2.45) is 5.92 Å². The van der Waals surface area contributed by atoms with Gasteiger partial charge >= 0.3 is 5.97 Å². The summed E-state index contributed by atoms with van der Waals surface area (Å²) in [5.74, 6) is 0.761. The van der Waals surface area contributed by atoms with Gasteiger partial charge in [0.1, 0.15) is 19.0 Å². The number of esters is 1. The molecule has 1 N–H and O–H groups in total. The second kappa shape index (κ2) is 8.85. The Kier molecular flexibility index (Phi) is 6.26. The average molecular weight is 345 g/mol. The molecule has 0 radical (unpaired) electrons. The third-order valence-corrected chi connectivity index (χ3v) is 5.03. The number of rotatable bonds is 7. The molecule has 5 heteroatoms. The Hall–Kier alpha value is -1.85. The van der Waals surface area contributed by atoms with Gasteiger partial charge in [-0.05, 0) is 55.1 Å². The van der Waals surface area contributed by atoms with E-state index < -0.39 is 0 Å². The van der Waals surface area contributed by atoms with E-state index in [1.807, 2.05) is 12.1 Å². The lowest BCUT2D eigenvalue weighted by Crippen LogP contribution is -2.33. The third kappa shape index (κ3) is 5.08. The fourth-order valence-corrected chi connectivity index (χ4v) is 3.53. The molecule has 0 saturated carbocycles. The van der Waals surface area contributed by atoms with Crippen molar-refractivity contribution < 1.29 is 14.3 Å². The Morgan fingerprint density at radius 2 is 1.92 bits per heavy atom. The Balaban J connectivity index is 1.36. The number of ether oxygens (including phenoxy) is 2. The number of nitrogens with one attached hydrogen (secondary N) is 1. The van der Waals surface area contributed by atoms with Crippen LogP contribution in [-0.4, -0.2) is 32.3 Å². The maximum Gasteiger partial charge on any atom is 0.309 e. The topological polar surface area (TPSA) is 47.6 Å². The Labute approximate surface area is 146 Å². The highest BCUT2D eigenvalue weighted by Gasteiger charge is 2.21. The summed E-state index contributed by atoms with van der Waals surface area (Å²) in [5.41, 5.74) is 1.27. The van der Waals surface area contributed by atoms with Gasteiger partial charge in [0.05, 0.1) is 5.92 Å². The van der Waals surface area contributed by atoms with Gasteiger partial charge in [0.15, 0.2) is 0 Å². The van der Waals surface area contributed by atoms with Crippen molar-refractivity contribution in [1.82, 2.24) is 5.32 Å². The summed E-state index contributed by atoms with van der Waals surface area (Å²) in [7, 11) is 0. The van der Waals surface area contributed by atoms with Crippen LogP contribution in [0.2, 0.25) is 0 Å². The molecule has 1 saturated heterocycles. The summed E-state index contributed by atoms with van der Waals surface area (Å²) in [6.07, 6.45) is 2.68. The largest absolute Gasteiger partial charge is 0.490 e. The van der Waals surface area contributed by atoms with E-state index in [1.165, 1.54) is 10.4 Å². The highest BCUT2D eigenvalue weighted by molar-refractivity contribution is 7.09. The molecule has 3 rings (SSSR count). The van der Waals surface area contributed by atoms with Crippen LogP contribution < -0.4 is 10.1 Å². The summed E-state index contributed by atoms with van der Waals surface area (Å²) in [4.78, 5) is 13.3. The molecule has 2 aromatic rings. The van der Waals surface area contributed by atoms with Gasteiger partial charge in [0.25, 0.3) is 0 Å². The molecule has 2 heterocycles. The van der Waals surface area contributed by atoms with Gasteiger partial charge in [-0.1, -0.05) is 18.2 Å². The fourth-order valence-electron chi connectivity index (χ4n) is 2.80. The number of thiophene rings is 1. The van der Waals surface area contributed by atoms with Crippen molar-refractivity contribution in [1.29, 1.82) is 0 Å². The number of benzene rings is 1. The van der Waals surface area contributed by atoms with Crippen LogP contribution in [0.15, 0.2) is 41.8 Å². The SMILES string of the molecule is O=C(OCCOc1ccc(Cc2cccs2)cc1)C1CCNCC1. The maximum absolute atomic E-state index is 11.9. The van der Waals surface area contributed by atoms with Gasteiger partial charge in [0, 0.05) is 11.3 Å². The van der Waals surface area contributed by atoms with E-state index in [0.29, 0.717) is 13.2 Å². The van der Waals surface area contributed by atoms with E-state index in [4.69, 9.17) is 9.47 Å². The van der Waals surface area contributed by atoms with E-state index in [1.54, 1.807) is 11.3 Å². The lowest BCUT2D eigenvalue weighted by molar-refractivity contribution is -0.150. The molecule has 0 bridgehead atoms. The van der Waals surface area contributed by atoms with Crippen molar-refractivity contribution in [3.8, 4) is 5.75 Å². The van der Waals surface area contributed by atoms with Gasteiger partial charge in [-0.3, -0.25) is 4.79 Å². The van der Waals surface area contributed by atoms with Crippen LogP contribution >= 0.6 is 11.3 Å². The third-order valence-electron chi connectivity index (χ3n) is 4.15. The summed E-state index contributed by atoms with van der Waals surface area (Å²) >= 11 is 1.77. The molecule has 128 valence electrons. The Morgan fingerprint density at radius 1 is 1.12 bits per heavy atom. The Morgan fingerprint density at radius 3 is 2.62 bits per heavy atom. The highest BCUT2D eigenvalue weighted by Crippen LogP contribution is 2.18. The minimum Gasteiger partial charge on any atom is -0.490 e. The first kappa shape index (κ1) is 17.0. The Bertz CT molecular complexity index is 619. The number of carbonyl (C=O) groups is 1. The molecule has 0 amide bonds. The van der Waals surface area contributed by atoms with Gasteiger partial charge < -0.3 is 14.8 Å². The predicted octanol–water partition coefficient (Wildman–Crippen LogP) is 3.26. The maximum atomic E-state index is 11.9. The molecule has 1 fully saturated rings. The average Bonchev–Trinajstić information content (AvgIpc) is 3.14. The van der Waals surface area contributed by atoms with Crippen molar-refractivity contribution in [2.45, 2.75) is 19.3 Å². The standard InChI is InChI=1S/C19H23NO3S/c21-19(16-7-9-20-10-8-16)23-12-11-22-17-5-3-15(4-6-17)14-18-2-1-13-24-18/h1-6,13,16,20H,7-12,14H2. The summed E-state index contributed by atoms with van der Waals surface area (Å²) in [6, 6.07) is 12.3. The number of piperidine rings is 1. The predicted molar refractivity (Wildman–Crippen MR) is 95.6 cm³/mol. The van der Waals surface area contributed by atoms with Gasteiger partial charge in [0.2, 0.25) is 0 Å². The van der Waals surface area contributed by atoms with Crippen LogP contribution in [0.25, 0.3) is 0 Å². The minimum atomic E-state index is -0.0913. The van der Waals surface area contributed by atoms with Gasteiger partial charge in [-0.25, -0.2) is 0 Å². The quantitative estimate of drug-likeness (QED) is 0.618. The molecule has 1 aromatic carbocycles. The van der Waals surface area contributed by atoms with Gasteiger partial charge in [-0.2, -0.15) is 0 Å². The van der Waals surface area contributed by atoms with Crippen LogP contribution in [0.4, 0.5) is 0 Å². The summed E-state index contributed by atoms with van der Waals surface area (Å²) in [6.45, 7) is 2.49. The second-order valence-corrected chi connectivity index (χ2v) is 6.97. The van der Waals surface area contributed by atoms with Crippen LogP contribution in [0.5, 0.6) is 5.75 Å². The zero-order valence-corrected chi connectivity index (χ0v) is 14.5. The summed E-state index contributed by atoms with van der Waals surface area (Å²) in [5, 5.41) is 5.34. The normalized spacial score (nSPS) is 15.2. The second-order valence-electron chi connectivity index (χ2n) is 5.94. The molecule has 4 nitrogen and oxygen atoms in total.